The Morgan fingerprint density at radius 1 is 1.33 bits per heavy atom. The molecular formula is C16H17ClN2O2. The molecule has 2 rings (SSSR count). The van der Waals surface area contributed by atoms with Gasteiger partial charge in [-0.15, -0.1) is 0 Å². The van der Waals surface area contributed by atoms with Crippen molar-refractivity contribution < 1.29 is 9.90 Å². The smallest absolute Gasteiger partial charge is 0.251 e. The standard InChI is InChI=1S/C16H17ClN2O2/c1-11-14(3-2-4-15(11)17)16(21)19-13(10-20)9-12-5-7-18-8-6-12/h2-8,13,20H,9-10H2,1H3,(H,19,21). The van der Waals surface area contributed by atoms with E-state index in [1.54, 1.807) is 37.5 Å². The highest BCUT2D eigenvalue weighted by Gasteiger charge is 2.16. The lowest BCUT2D eigenvalue weighted by atomic mass is 10.1. The summed E-state index contributed by atoms with van der Waals surface area (Å²) in [6.07, 6.45) is 3.92. The number of hydrogen-bond donors (Lipinski definition) is 2. The highest BCUT2D eigenvalue weighted by atomic mass is 35.5. The van der Waals surface area contributed by atoms with Crippen LogP contribution in [0.3, 0.4) is 0 Å². The highest BCUT2D eigenvalue weighted by molar-refractivity contribution is 6.31. The predicted molar refractivity (Wildman–Crippen MR) is 82.5 cm³/mol. The first-order chi connectivity index (χ1) is 10.1. The third-order valence-corrected chi connectivity index (χ3v) is 3.71. The van der Waals surface area contributed by atoms with Gasteiger partial charge in [-0.25, -0.2) is 0 Å². The van der Waals surface area contributed by atoms with Crippen molar-refractivity contribution in [2.24, 2.45) is 0 Å². The number of amides is 1. The van der Waals surface area contributed by atoms with E-state index >= 15 is 0 Å². The number of aliphatic hydroxyl groups excluding tert-OH is 1. The molecule has 1 aromatic carbocycles. The first-order valence-corrected chi connectivity index (χ1v) is 7.05. The van der Waals surface area contributed by atoms with Gasteiger partial charge < -0.3 is 10.4 Å². The van der Waals surface area contributed by atoms with Gasteiger partial charge in [0.1, 0.15) is 0 Å². The maximum Gasteiger partial charge on any atom is 0.251 e. The molecule has 0 aliphatic rings. The molecule has 1 atom stereocenters. The van der Waals surface area contributed by atoms with Crippen LogP contribution >= 0.6 is 11.6 Å². The topological polar surface area (TPSA) is 62.2 Å². The van der Waals surface area contributed by atoms with E-state index < -0.39 is 0 Å². The van der Waals surface area contributed by atoms with Crippen LogP contribution in [0.5, 0.6) is 0 Å². The number of carbonyl (C=O) groups excluding carboxylic acids is 1. The number of halogens is 1. The average molecular weight is 305 g/mol. The quantitative estimate of drug-likeness (QED) is 0.891. The van der Waals surface area contributed by atoms with E-state index in [0.717, 1.165) is 11.1 Å². The summed E-state index contributed by atoms with van der Waals surface area (Å²) >= 11 is 6.02. The number of carbonyl (C=O) groups is 1. The van der Waals surface area contributed by atoms with E-state index in [9.17, 15) is 9.90 Å². The SMILES string of the molecule is Cc1c(Cl)cccc1C(=O)NC(CO)Cc1ccncc1. The monoisotopic (exact) mass is 304 g/mol. The van der Waals surface area contributed by atoms with Gasteiger partial charge in [0.15, 0.2) is 0 Å². The Labute approximate surface area is 128 Å². The number of nitrogens with zero attached hydrogens (tertiary/aromatic N) is 1. The van der Waals surface area contributed by atoms with E-state index in [2.05, 4.69) is 10.3 Å². The summed E-state index contributed by atoms with van der Waals surface area (Å²) in [5.41, 5.74) is 2.26. The molecule has 1 unspecified atom stereocenters. The Kier molecular flexibility index (Phi) is 5.31. The zero-order chi connectivity index (χ0) is 15.2. The van der Waals surface area contributed by atoms with Gasteiger partial charge in [0.2, 0.25) is 0 Å². The minimum Gasteiger partial charge on any atom is -0.394 e. The molecule has 1 amide bonds. The molecule has 1 heterocycles. The molecule has 0 fully saturated rings. The molecule has 110 valence electrons. The second-order valence-corrected chi connectivity index (χ2v) is 5.23. The number of rotatable bonds is 5. The lowest BCUT2D eigenvalue weighted by Crippen LogP contribution is -2.39. The van der Waals surface area contributed by atoms with Gasteiger partial charge in [-0.2, -0.15) is 0 Å². The maximum atomic E-state index is 12.3. The second-order valence-electron chi connectivity index (χ2n) is 4.82. The predicted octanol–water partition coefficient (Wildman–Crippen LogP) is 2.38. The molecule has 2 N–H and O–H groups in total. The number of aromatic nitrogens is 1. The van der Waals surface area contributed by atoms with Gasteiger partial charge in [-0.1, -0.05) is 17.7 Å². The van der Waals surface area contributed by atoms with Crippen LogP contribution in [-0.4, -0.2) is 28.6 Å². The first-order valence-electron chi connectivity index (χ1n) is 6.67. The third kappa shape index (κ3) is 4.03. The lowest BCUT2D eigenvalue weighted by molar-refractivity contribution is 0.0916. The molecule has 0 bridgehead atoms. The van der Waals surface area contributed by atoms with Crippen LogP contribution in [0.2, 0.25) is 5.02 Å². The van der Waals surface area contributed by atoms with Crippen LogP contribution in [0.1, 0.15) is 21.5 Å². The summed E-state index contributed by atoms with van der Waals surface area (Å²) in [7, 11) is 0. The fraction of sp³-hybridized carbons (Fsp3) is 0.250. The van der Waals surface area contributed by atoms with Gasteiger partial charge >= 0.3 is 0 Å². The van der Waals surface area contributed by atoms with Gasteiger partial charge in [-0.3, -0.25) is 9.78 Å². The molecule has 0 saturated heterocycles. The van der Waals surface area contributed by atoms with Crippen LogP contribution in [0.4, 0.5) is 0 Å². The average Bonchev–Trinajstić information content (AvgIpc) is 2.50. The third-order valence-electron chi connectivity index (χ3n) is 3.30. The van der Waals surface area contributed by atoms with E-state index in [1.165, 1.54) is 0 Å². The molecular weight excluding hydrogens is 288 g/mol. The highest BCUT2D eigenvalue weighted by Crippen LogP contribution is 2.18. The fourth-order valence-electron chi connectivity index (χ4n) is 2.08. The summed E-state index contributed by atoms with van der Waals surface area (Å²) in [6, 6.07) is 8.57. The van der Waals surface area contributed by atoms with Crippen molar-refractivity contribution in [3.63, 3.8) is 0 Å². The Balaban J connectivity index is 2.08. The van der Waals surface area contributed by atoms with Crippen molar-refractivity contribution in [1.82, 2.24) is 10.3 Å². The van der Waals surface area contributed by atoms with E-state index in [1.807, 2.05) is 12.1 Å². The van der Waals surface area contributed by atoms with Gasteiger partial charge in [-0.05, 0) is 48.7 Å². The van der Waals surface area contributed by atoms with Crippen LogP contribution in [0.15, 0.2) is 42.7 Å². The largest absolute Gasteiger partial charge is 0.394 e. The molecule has 0 radical (unpaired) electrons. The van der Waals surface area contributed by atoms with Crippen molar-refractivity contribution >= 4 is 17.5 Å². The van der Waals surface area contributed by atoms with Crippen LogP contribution in [-0.2, 0) is 6.42 Å². The number of nitrogens with one attached hydrogen (secondary N) is 1. The Morgan fingerprint density at radius 3 is 2.71 bits per heavy atom. The summed E-state index contributed by atoms with van der Waals surface area (Å²) in [4.78, 5) is 16.2. The fourth-order valence-corrected chi connectivity index (χ4v) is 2.26. The van der Waals surface area contributed by atoms with Gasteiger partial charge in [0.05, 0.1) is 12.6 Å². The maximum absolute atomic E-state index is 12.3. The van der Waals surface area contributed by atoms with E-state index in [4.69, 9.17) is 11.6 Å². The number of pyridine rings is 1. The molecule has 21 heavy (non-hydrogen) atoms. The van der Waals surface area contributed by atoms with Crippen LogP contribution < -0.4 is 5.32 Å². The van der Waals surface area contributed by atoms with Gasteiger partial charge in [0.25, 0.3) is 5.91 Å². The minimum absolute atomic E-state index is 0.131. The van der Waals surface area contributed by atoms with Crippen molar-refractivity contribution in [3.05, 3.63) is 64.4 Å². The van der Waals surface area contributed by atoms with Crippen LogP contribution in [0, 0.1) is 6.92 Å². The van der Waals surface area contributed by atoms with Crippen LogP contribution in [0.25, 0.3) is 0 Å². The Morgan fingerprint density at radius 2 is 2.05 bits per heavy atom. The van der Waals surface area contributed by atoms with Crippen molar-refractivity contribution in [1.29, 1.82) is 0 Å². The Hall–Kier alpha value is -1.91. The molecule has 5 heteroatoms. The minimum atomic E-state index is -0.349. The Bertz CT molecular complexity index is 617. The molecule has 1 aromatic heterocycles. The molecule has 4 nitrogen and oxygen atoms in total. The summed E-state index contributed by atoms with van der Waals surface area (Å²) in [5.74, 6) is -0.233. The zero-order valence-electron chi connectivity index (χ0n) is 11.7. The zero-order valence-corrected chi connectivity index (χ0v) is 12.5. The first kappa shape index (κ1) is 15.5. The summed E-state index contributed by atoms with van der Waals surface area (Å²) in [5, 5.41) is 12.8. The molecule has 0 aliphatic carbocycles. The summed E-state index contributed by atoms with van der Waals surface area (Å²) < 4.78 is 0. The van der Waals surface area contributed by atoms with Crippen molar-refractivity contribution in [3.8, 4) is 0 Å². The van der Waals surface area contributed by atoms with Crippen molar-refractivity contribution in [2.75, 3.05) is 6.61 Å². The number of benzene rings is 1. The van der Waals surface area contributed by atoms with Gasteiger partial charge in [0, 0.05) is 23.0 Å². The van der Waals surface area contributed by atoms with E-state index in [-0.39, 0.29) is 18.6 Å². The van der Waals surface area contributed by atoms with E-state index in [0.29, 0.717) is 17.0 Å². The number of hydrogen-bond acceptors (Lipinski definition) is 3. The molecule has 0 aliphatic heterocycles. The molecule has 0 saturated carbocycles. The number of aliphatic hydroxyl groups is 1. The lowest BCUT2D eigenvalue weighted by Gasteiger charge is -2.17. The van der Waals surface area contributed by atoms with Crippen molar-refractivity contribution in [2.45, 2.75) is 19.4 Å². The molecule has 2 aromatic rings. The second kappa shape index (κ2) is 7.20. The summed E-state index contributed by atoms with van der Waals surface area (Å²) in [6.45, 7) is 1.67. The molecule has 0 spiro atoms. The normalized spacial score (nSPS) is 12.0.